The molecule has 1 saturated heterocycles. The van der Waals surface area contributed by atoms with Crippen molar-refractivity contribution in [1.29, 1.82) is 0 Å². The zero-order valence-electron chi connectivity index (χ0n) is 21.1. The number of carbonyl (C=O) groups is 3. The maximum absolute atomic E-state index is 13.5. The minimum Gasteiger partial charge on any atom is -0.480 e. The molecule has 1 aromatic carbocycles. The highest BCUT2D eigenvalue weighted by Gasteiger charge is 2.41. The van der Waals surface area contributed by atoms with Crippen molar-refractivity contribution in [1.82, 2.24) is 30.1 Å². The second kappa shape index (κ2) is 8.44. The van der Waals surface area contributed by atoms with Crippen molar-refractivity contribution in [2.24, 2.45) is 5.92 Å². The van der Waals surface area contributed by atoms with Gasteiger partial charge in [0.1, 0.15) is 11.3 Å². The van der Waals surface area contributed by atoms with E-state index < -0.39 is 6.10 Å². The molecule has 4 N–H and O–H groups in total. The normalized spacial score (nSPS) is 21.5. The first-order valence-electron chi connectivity index (χ1n) is 13.3. The zero-order valence-corrected chi connectivity index (χ0v) is 21.1. The third-order valence-corrected chi connectivity index (χ3v) is 8.01. The number of rotatable bonds is 7. The van der Waals surface area contributed by atoms with Crippen LogP contribution >= 0.6 is 0 Å². The van der Waals surface area contributed by atoms with E-state index in [-0.39, 0.29) is 41.2 Å². The summed E-state index contributed by atoms with van der Waals surface area (Å²) >= 11 is 0. The number of anilines is 1. The molecule has 3 amide bonds. The lowest BCUT2D eigenvalue weighted by molar-refractivity contribution is -0.124. The molecule has 0 spiro atoms. The van der Waals surface area contributed by atoms with Gasteiger partial charge in [-0.2, -0.15) is 0 Å². The summed E-state index contributed by atoms with van der Waals surface area (Å²) < 4.78 is 7.68. The number of nitrogens with two attached hydrogens (primary N) is 1. The maximum atomic E-state index is 13.5. The van der Waals surface area contributed by atoms with Crippen LogP contribution < -0.4 is 21.1 Å². The highest BCUT2D eigenvalue weighted by atomic mass is 16.5. The van der Waals surface area contributed by atoms with Gasteiger partial charge in [-0.25, -0.2) is 9.50 Å². The first-order valence-corrected chi connectivity index (χ1v) is 13.3. The van der Waals surface area contributed by atoms with Crippen LogP contribution in [-0.4, -0.2) is 62.0 Å². The Morgan fingerprint density at radius 1 is 1.21 bits per heavy atom. The molecule has 2 atom stereocenters. The highest BCUT2D eigenvalue weighted by molar-refractivity contribution is 6.05. The number of hydrogen-bond donors (Lipinski definition) is 3. The van der Waals surface area contributed by atoms with Crippen LogP contribution in [0.1, 0.15) is 65.3 Å². The summed E-state index contributed by atoms with van der Waals surface area (Å²) in [7, 11) is 0. The van der Waals surface area contributed by atoms with Crippen molar-refractivity contribution in [2.45, 2.75) is 63.8 Å². The number of nitrogens with one attached hydrogen (secondary N) is 2. The van der Waals surface area contributed by atoms with Gasteiger partial charge in [-0.1, -0.05) is 0 Å². The molecule has 3 fully saturated rings. The Kier molecular flexibility index (Phi) is 5.11. The van der Waals surface area contributed by atoms with E-state index in [4.69, 9.17) is 15.5 Å². The largest absolute Gasteiger partial charge is 0.480 e. The molecule has 4 heterocycles. The van der Waals surface area contributed by atoms with Crippen LogP contribution in [0.4, 0.5) is 5.82 Å². The maximum Gasteiger partial charge on any atom is 0.261 e. The van der Waals surface area contributed by atoms with Gasteiger partial charge >= 0.3 is 0 Å². The fourth-order valence-electron chi connectivity index (χ4n) is 5.49. The first-order chi connectivity index (χ1) is 18.4. The van der Waals surface area contributed by atoms with Gasteiger partial charge in [0.05, 0.1) is 11.3 Å². The van der Waals surface area contributed by atoms with Crippen molar-refractivity contribution in [2.75, 3.05) is 12.3 Å². The molecule has 11 heteroatoms. The van der Waals surface area contributed by atoms with Crippen molar-refractivity contribution >= 4 is 29.2 Å². The van der Waals surface area contributed by atoms with Crippen molar-refractivity contribution < 1.29 is 19.1 Å². The minimum atomic E-state index is -0.653. The number of fused-ring (bicyclic) bond motifs is 2. The van der Waals surface area contributed by atoms with Crippen LogP contribution in [0, 0.1) is 5.92 Å². The fraction of sp³-hybridized carbons (Fsp3) is 0.444. The monoisotopic (exact) mass is 515 g/mol. The molecule has 0 bridgehead atoms. The van der Waals surface area contributed by atoms with E-state index in [9.17, 15) is 14.4 Å². The molecular weight excluding hydrogens is 486 g/mol. The van der Waals surface area contributed by atoms with Gasteiger partial charge in [0.15, 0.2) is 17.6 Å². The van der Waals surface area contributed by atoms with Crippen LogP contribution in [-0.2, 0) is 11.3 Å². The van der Waals surface area contributed by atoms with Gasteiger partial charge in [0.2, 0.25) is 0 Å². The topological polar surface area (TPSA) is 144 Å². The Hall–Kier alpha value is -4.15. The number of carbonyl (C=O) groups excluding carboxylic acids is 3. The Morgan fingerprint density at radius 3 is 2.74 bits per heavy atom. The van der Waals surface area contributed by atoms with Crippen molar-refractivity contribution in [3.63, 3.8) is 0 Å². The van der Waals surface area contributed by atoms with Crippen LogP contribution in [0.5, 0.6) is 5.75 Å². The number of benzene rings is 1. The molecule has 38 heavy (non-hydrogen) atoms. The van der Waals surface area contributed by atoms with E-state index in [2.05, 4.69) is 22.7 Å². The predicted octanol–water partition coefficient (Wildman–Crippen LogP) is 1.89. The summed E-state index contributed by atoms with van der Waals surface area (Å²) in [6, 6.07) is 5.82. The average molecular weight is 516 g/mol. The zero-order chi connectivity index (χ0) is 26.1. The Bertz CT molecular complexity index is 1510. The molecule has 11 nitrogen and oxygen atoms in total. The van der Waals surface area contributed by atoms with Gasteiger partial charge in [-0.05, 0) is 62.3 Å². The quantitative estimate of drug-likeness (QED) is 0.436. The molecule has 0 unspecified atom stereocenters. The van der Waals surface area contributed by atoms with E-state index in [0.29, 0.717) is 48.1 Å². The van der Waals surface area contributed by atoms with Gasteiger partial charge in [0, 0.05) is 43.4 Å². The van der Waals surface area contributed by atoms with E-state index in [1.807, 2.05) is 11.0 Å². The third-order valence-electron chi connectivity index (χ3n) is 8.01. The van der Waals surface area contributed by atoms with E-state index >= 15 is 0 Å². The number of nitrogen functional groups attached to an aromatic ring is 1. The molecular formula is C27H29N7O4. The molecule has 3 aromatic rings. The first kappa shape index (κ1) is 23.0. The number of aromatic nitrogens is 3. The third kappa shape index (κ3) is 3.84. The molecule has 4 aliphatic rings. The number of ether oxygens (including phenoxy) is 1. The Morgan fingerprint density at radius 2 is 2.03 bits per heavy atom. The summed E-state index contributed by atoms with van der Waals surface area (Å²) in [4.78, 5) is 45.4. The number of hydrogen-bond acceptors (Lipinski definition) is 7. The van der Waals surface area contributed by atoms with E-state index in [1.54, 1.807) is 18.3 Å². The molecule has 2 aliphatic heterocycles. The number of nitrogens with zero attached hydrogens (tertiary/aromatic N) is 4. The van der Waals surface area contributed by atoms with Gasteiger partial charge in [-0.3, -0.25) is 14.4 Å². The van der Waals surface area contributed by atoms with Crippen molar-refractivity contribution in [3.05, 3.63) is 41.1 Å². The molecule has 7 rings (SSSR count). The summed E-state index contributed by atoms with van der Waals surface area (Å²) in [5, 5.41) is 10.0. The molecule has 2 saturated carbocycles. The van der Waals surface area contributed by atoms with E-state index in [1.165, 1.54) is 4.52 Å². The fourth-order valence-corrected chi connectivity index (χ4v) is 5.49. The van der Waals surface area contributed by atoms with Crippen LogP contribution in [0.25, 0.3) is 16.9 Å². The minimum absolute atomic E-state index is 0.0645. The number of amides is 3. The van der Waals surface area contributed by atoms with Gasteiger partial charge in [-0.15, -0.1) is 5.10 Å². The van der Waals surface area contributed by atoms with Gasteiger partial charge in [0.25, 0.3) is 17.7 Å². The molecule has 2 aromatic heterocycles. The van der Waals surface area contributed by atoms with Gasteiger partial charge < -0.3 is 26.0 Å². The standard InChI is InChI=1S/C27H29N7O4/c1-13(14-2-3-14)33-12-16-10-15(11-20(21(16)27(33)37)38-19-6-8-29-25(19)35)18-7-9-34-24(31-18)22(23(28)32-34)26(36)30-17-4-5-17/h7,9-11,13-14,17,19H,2-6,8,12H2,1H3,(H2,28,32)(H,29,35)(H,30,36)/t13-,19-/m0/s1. The summed E-state index contributed by atoms with van der Waals surface area (Å²) in [5.74, 6) is 0.494. The smallest absolute Gasteiger partial charge is 0.261 e. The highest BCUT2D eigenvalue weighted by Crippen LogP contribution is 2.42. The summed E-state index contributed by atoms with van der Waals surface area (Å²) in [6.07, 6.45) is 5.77. The van der Waals surface area contributed by atoms with Crippen LogP contribution in [0.15, 0.2) is 24.4 Å². The molecule has 0 radical (unpaired) electrons. The average Bonchev–Trinajstić information content (AvgIpc) is 3.81. The van der Waals surface area contributed by atoms with Crippen LogP contribution in [0.3, 0.4) is 0 Å². The van der Waals surface area contributed by atoms with Crippen molar-refractivity contribution in [3.8, 4) is 17.0 Å². The molecule has 2 aliphatic carbocycles. The SMILES string of the molecule is C[C@@H](C1CC1)N1Cc2cc(-c3ccn4nc(N)c(C(=O)NC5CC5)c4n3)cc(O[C@H]3CCNC3=O)c2C1=O. The summed E-state index contributed by atoms with van der Waals surface area (Å²) in [6.45, 7) is 3.11. The Balaban J connectivity index is 1.30. The second-order valence-corrected chi connectivity index (χ2v) is 10.8. The lowest BCUT2D eigenvalue weighted by atomic mass is 10.0. The Labute approximate surface area is 218 Å². The van der Waals surface area contributed by atoms with E-state index in [0.717, 1.165) is 36.8 Å². The predicted molar refractivity (Wildman–Crippen MR) is 137 cm³/mol. The lowest BCUT2D eigenvalue weighted by Gasteiger charge is -2.24. The second-order valence-electron chi connectivity index (χ2n) is 10.8. The summed E-state index contributed by atoms with van der Waals surface area (Å²) in [5.41, 5.74) is 9.37. The van der Waals surface area contributed by atoms with Crippen LogP contribution in [0.2, 0.25) is 0 Å². The lowest BCUT2D eigenvalue weighted by Crippen LogP contribution is -2.35. The molecule has 196 valence electrons.